The lowest BCUT2D eigenvalue weighted by Gasteiger charge is -2.31. The Morgan fingerprint density at radius 1 is 0.750 bits per heavy atom. The first kappa shape index (κ1) is 30.8. The fourth-order valence-electron chi connectivity index (χ4n) is 6.90. The van der Waals surface area contributed by atoms with Crippen molar-refractivity contribution >= 4 is 28.5 Å². The lowest BCUT2D eigenvalue weighted by atomic mass is 9.71. The van der Waals surface area contributed by atoms with Crippen molar-refractivity contribution in [3.63, 3.8) is 0 Å². The van der Waals surface area contributed by atoms with Crippen LogP contribution in [0.2, 0.25) is 0 Å². The Balaban J connectivity index is 1.31. The first-order valence-electron chi connectivity index (χ1n) is 15.6. The molecule has 5 aromatic rings. The molecule has 9 nitrogen and oxygen atoms in total. The van der Waals surface area contributed by atoms with Gasteiger partial charge in [0.05, 0.1) is 38.9 Å². The van der Waals surface area contributed by atoms with Crippen LogP contribution in [-0.4, -0.2) is 33.1 Å². The summed E-state index contributed by atoms with van der Waals surface area (Å²) in [5.74, 6) is 0.161. The number of benzene rings is 4. The summed E-state index contributed by atoms with van der Waals surface area (Å²) in [6.45, 7) is 1.94. The molecule has 0 spiro atoms. The smallest absolute Gasteiger partial charge is 0.238 e. The van der Waals surface area contributed by atoms with Gasteiger partial charge < -0.3 is 23.4 Å². The zero-order valence-electron chi connectivity index (χ0n) is 26.9. The van der Waals surface area contributed by atoms with Gasteiger partial charge in [-0.1, -0.05) is 35.9 Å². The van der Waals surface area contributed by atoms with Crippen LogP contribution >= 0.6 is 0 Å². The van der Waals surface area contributed by atoms with E-state index in [1.54, 1.807) is 61.7 Å². The highest BCUT2D eigenvalue weighted by Gasteiger charge is 2.54. The highest BCUT2D eigenvalue weighted by Crippen LogP contribution is 2.52. The molecule has 9 heteroatoms. The van der Waals surface area contributed by atoms with Crippen LogP contribution in [0.5, 0.6) is 28.7 Å². The Kier molecular flexibility index (Phi) is 7.96. The van der Waals surface area contributed by atoms with Crippen LogP contribution in [0.15, 0.2) is 112 Å². The predicted molar refractivity (Wildman–Crippen MR) is 181 cm³/mol. The lowest BCUT2D eigenvalue weighted by molar-refractivity contribution is -0.122. The van der Waals surface area contributed by atoms with E-state index < -0.39 is 17.8 Å². The number of rotatable bonds is 8. The molecule has 4 aromatic carbocycles. The lowest BCUT2D eigenvalue weighted by Crippen LogP contribution is -2.31. The summed E-state index contributed by atoms with van der Waals surface area (Å²) in [6.07, 6.45) is 2.40. The topological polar surface area (TPSA) is 105 Å². The number of carbonyl (C=O) groups excluding carboxylic acids is 2. The molecule has 242 valence electrons. The van der Waals surface area contributed by atoms with Gasteiger partial charge in [0.15, 0.2) is 5.43 Å². The number of amides is 2. The zero-order valence-corrected chi connectivity index (χ0v) is 26.9. The molecule has 7 rings (SSSR count). The van der Waals surface area contributed by atoms with Crippen molar-refractivity contribution in [2.24, 2.45) is 11.8 Å². The number of para-hydroxylation sites is 1. The molecule has 1 aromatic heterocycles. The van der Waals surface area contributed by atoms with Gasteiger partial charge in [-0.2, -0.15) is 0 Å². The van der Waals surface area contributed by atoms with E-state index in [1.807, 2.05) is 43.3 Å². The third-order valence-electron chi connectivity index (χ3n) is 9.03. The van der Waals surface area contributed by atoms with E-state index in [0.29, 0.717) is 52.0 Å². The second kappa shape index (κ2) is 12.4. The monoisotopic (exact) mass is 643 g/mol. The summed E-state index contributed by atoms with van der Waals surface area (Å²) in [5, 5.41) is 0.220. The number of methoxy groups -OCH3 is 3. The van der Waals surface area contributed by atoms with E-state index >= 15 is 0 Å². The van der Waals surface area contributed by atoms with Crippen LogP contribution in [0.4, 0.5) is 5.69 Å². The fourth-order valence-corrected chi connectivity index (χ4v) is 6.90. The van der Waals surface area contributed by atoms with Crippen LogP contribution in [0, 0.1) is 11.8 Å². The van der Waals surface area contributed by atoms with Crippen molar-refractivity contribution in [3.8, 4) is 40.1 Å². The minimum absolute atomic E-state index is 0.220. The highest BCUT2D eigenvalue weighted by atomic mass is 16.5. The van der Waals surface area contributed by atoms with Crippen molar-refractivity contribution in [2.45, 2.75) is 19.3 Å². The Morgan fingerprint density at radius 2 is 1.50 bits per heavy atom. The quantitative estimate of drug-likeness (QED) is 0.126. The first-order valence-corrected chi connectivity index (χ1v) is 15.6. The zero-order chi connectivity index (χ0) is 33.5. The predicted octanol–water partition coefficient (Wildman–Crippen LogP) is 7.52. The molecular formula is C39H33NO8. The molecular weight excluding hydrogens is 610 g/mol. The summed E-state index contributed by atoms with van der Waals surface area (Å²) in [4.78, 5) is 43.4. The number of anilines is 1. The number of ether oxygens (including phenoxy) is 4. The third kappa shape index (κ3) is 5.27. The molecule has 2 amide bonds. The number of allylic oxidation sites excluding steroid dienone is 2. The SMILES string of the molecule is COc1ccc(-c2cc(=O)c3c(OC)c(C4C=C(C)C[C@H]5C(=O)N(c6cccc(Oc7ccccc7)c6)C(=O)[C@@H]45)c(OC)cc3o2)cc1. The molecule has 1 fully saturated rings. The Labute approximate surface area is 276 Å². The third-order valence-corrected chi connectivity index (χ3v) is 9.03. The molecule has 1 aliphatic carbocycles. The van der Waals surface area contributed by atoms with Gasteiger partial charge in [0, 0.05) is 35.2 Å². The van der Waals surface area contributed by atoms with E-state index in [2.05, 4.69) is 0 Å². The van der Waals surface area contributed by atoms with Crippen molar-refractivity contribution < 1.29 is 33.0 Å². The molecule has 1 unspecified atom stereocenters. The molecule has 3 atom stereocenters. The Morgan fingerprint density at radius 3 is 2.21 bits per heavy atom. The molecule has 2 aliphatic rings. The van der Waals surface area contributed by atoms with Gasteiger partial charge in [0.25, 0.3) is 0 Å². The summed E-state index contributed by atoms with van der Waals surface area (Å²) < 4.78 is 29.3. The maximum Gasteiger partial charge on any atom is 0.238 e. The average Bonchev–Trinajstić information content (AvgIpc) is 3.35. The number of hydrogen-bond donors (Lipinski definition) is 0. The summed E-state index contributed by atoms with van der Waals surface area (Å²) in [6, 6.07) is 26.5. The first-order chi connectivity index (χ1) is 23.3. The second-order valence-electron chi connectivity index (χ2n) is 11.9. The normalized spacial score (nSPS) is 18.8. The molecule has 0 N–H and O–H groups in total. The molecule has 48 heavy (non-hydrogen) atoms. The van der Waals surface area contributed by atoms with Gasteiger partial charge in [-0.25, -0.2) is 4.90 Å². The van der Waals surface area contributed by atoms with Crippen molar-refractivity contribution in [3.05, 3.63) is 118 Å². The van der Waals surface area contributed by atoms with Gasteiger partial charge in [-0.05, 0) is 61.9 Å². The van der Waals surface area contributed by atoms with Gasteiger partial charge in [0.1, 0.15) is 45.5 Å². The number of fused-ring (bicyclic) bond motifs is 2. The largest absolute Gasteiger partial charge is 0.497 e. The molecule has 0 saturated carbocycles. The minimum atomic E-state index is -0.759. The van der Waals surface area contributed by atoms with E-state index in [-0.39, 0.29) is 34.0 Å². The van der Waals surface area contributed by atoms with E-state index in [1.165, 1.54) is 25.2 Å². The van der Waals surface area contributed by atoms with Crippen LogP contribution in [0.25, 0.3) is 22.3 Å². The van der Waals surface area contributed by atoms with Gasteiger partial charge in [0.2, 0.25) is 11.8 Å². The van der Waals surface area contributed by atoms with Crippen LogP contribution < -0.4 is 29.3 Å². The molecule has 1 aliphatic heterocycles. The highest BCUT2D eigenvalue weighted by molar-refractivity contribution is 6.22. The number of carbonyl (C=O) groups is 2. The summed E-state index contributed by atoms with van der Waals surface area (Å²) in [7, 11) is 4.56. The van der Waals surface area contributed by atoms with Crippen molar-refractivity contribution in [1.82, 2.24) is 0 Å². The van der Waals surface area contributed by atoms with Crippen LogP contribution in [-0.2, 0) is 9.59 Å². The molecule has 2 heterocycles. The molecule has 0 bridgehead atoms. The molecule has 1 saturated heterocycles. The van der Waals surface area contributed by atoms with Gasteiger partial charge >= 0.3 is 0 Å². The maximum atomic E-state index is 14.4. The Hall–Kier alpha value is -5.83. The Bertz CT molecular complexity index is 2130. The van der Waals surface area contributed by atoms with E-state index in [0.717, 1.165) is 5.57 Å². The van der Waals surface area contributed by atoms with Gasteiger partial charge in [-0.15, -0.1) is 0 Å². The maximum absolute atomic E-state index is 14.4. The molecule has 0 radical (unpaired) electrons. The number of nitrogens with zero attached hydrogens (tertiary/aromatic N) is 1. The number of hydrogen-bond acceptors (Lipinski definition) is 8. The van der Waals surface area contributed by atoms with Crippen LogP contribution in [0.1, 0.15) is 24.8 Å². The fraction of sp³-hybridized carbons (Fsp3) is 0.205. The van der Waals surface area contributed by atoms with Gasteiger partial charge in [-0.3, -0.25) is 14.4 Å². The summed E-state index contributed by atoms with van der Waals surface area (Å²) >= 11 is 0. The number of imide groups is 1. The summed E-state index contributed by atoms with van der Waals surface area (Å²) in [5.41, 5.74) is 2.52. The van der Waals surface area contributed by atoms with E-state index in [9.17, 15) is 14.4 Å². The second-order valence-corrected chi connectivity index (χ2v) is 11.9. The minimum Gasteiger partial charge on any atom is -0.497 e. The van der Waals surface area contributed by atoms with Crippen molar-refractivity contribution in [1.29, 1.82) is 0 Å². The van der Waals surface area contributed by atoms with E-state index in [4.69, 9.17) is 23.4 Å². The van der Waals surface area contributed by atoms with Crippen LogP contribution in [0.3, 0.4) is 0 Å². The van der Waals surface area contributed by atoms with Crippen molar-refractivity contribution in [2.75, 3.05) is 26.2 Å². The average molecular weight is 644 g/mol. The standard InChI is InChI=1S/C39H33NO8/c1-22-17-28(34-29(18-22)38(42)40(39(34)43)24-9-8-12-27(19-24)47-26-10-6-5-7-11-26)35-32(45-3)21-33-36(37(35)46-4)30(41)20-31(48-33)23-13-15-25(44-2)16-14-23/h5-17,19-21,28-29,34H,18H2,1-4H3/t28?,29-,34+/m1/s1.